The molecule has 1 unspecified atom stereocenters. The summed E-state index contributed by atoms with van der Waals surface area (Å²) in [5.74, 6) is 0. The summed E-state index contributed by atoms with van der Waals surface area (Å²) >= 11 is 0. The number of nitrogens with zero attached hydrogens (tertiary/aromatic N) is 1. The highest BCUT2D eigenvalue weighted by molar-refractivity contribution is 4.76. The van der Waals surface area contributed by atoms with E-state index in [0.29, 0.717) is 6.54 Å². The average Bonchev–Trinajstić information content (AvgIpc) is 2.64. The molecule has 0 radical (unpaired) electrons. The third-order valence-corrected chi connectivity index (χ3v) is 6.18. The Balaban J connectivity index is 3.26. The predicted molar refractivity (Wildman–Crippen MR) is 122 cm³/mol. The maximum Gasteiger partial charge on any atom is 0.0864 e. The van der Waals surface area contributed by atoms with Crippen LogP contribution >= 0.6 is 0 Å². The quantitative estimate of drug-likeness (QED) is 0.135. The zero-order valence-electron chi connectivity index (χ0n) is 19.2. The largest absolute Gasteiger partial charge is 0.151 e. The van der Waals surface area contributed by atoms with Crippen molar-refractivity contribution in [1.29, 1.82) is 0 Å². The van der Waals surface area contributed by atoms with Gasteiger partial charge in [-0.1, -0.05) is 142 Å². The summed E-state index contributed by atoms with van der Waals surface area (Å²) in [6.45, 7) is 7.24. The fourth-order valence-corrected chi connectivity index (χ4v) is 4.32. The molecular weight excluding hydrogens is 330 g/mol. The molecule has 0 rings (SSSR count). The van der Waals surface area contributed by atoms with Crippen molar-refractivity contribution in [2.75, 3.05) is 6.54 Å². The van der Waals surface area contributed by atoms with Crippen LogP contribution in [0.5, 0.6) is 0 Å². The van der Waals surface area contributed by atoms with Crippen LogP contribution in [0, 0.1) is 10.3 Å². The van der Waals surface area contributed by atoms with Crippen molar-refractivity contribution in [2.45, 2.75) is 149 Å². The minimum atomic E-state index is 0.159. The van der Waals surface area contributed by atoms with E-state index >= 15 is 0 Å². The van der Waals surface area contributed by atoms with Gasteiger partial charge in [0.05, 0.1) is 6.54 Å². The molecule has 27 heavy (non-hydrogen) atoms. The minimum absolute atomic E-state index is 0.159. The topological polar surface area (TPSA) is 29.4 Å². The fraction of sp³-hybridized carbons (Fsp3) is 1.00. The van der Waals surface area contributed by atoms with Gasteiger partial charge in [0.2, 0.25) is 0 Å². The lowest BCUT2D eigenvalue weighted by Gasteiger charge is -2.26. The summed E-state index contributed by atoms with van der Waals surface area (Å²) in [5.41, 5.74) is 0.159. The molecule has 0 aliphatic carbocycles. The minimum Gasteiger partial charge on any atom is -0.151 e. The van der Waals surface area contributed by atoms with Crippen molar-refractivity contribution < 1.29 is 0 Å². The molecule has 0 spiro atoms. The van der Waals surface area contributed by atoms with Crippen LogP contribution in [0.4, 0.5) is 0 Å². The standard InChI is InChI=1S/C25H51NO/c1-4-6-7-8-9-10-11-12-13-14-15-16-17-18-19-20-21-23-25(3,22-5-2)24-26-27/h4-24H2,1-3H3. The maximum atomic E-state index is 10.6. The first kappa shape index (κ1) is 26.6. The van der Waals surface area contributed by atoms with Crippen molar-refractivity contribution in [1.82, 2.24) is 0 Å². The molecule has 0 heterocycles. The Bertz CT molecular complexity index is 305. The monoisotopic (exact) mass is 381 g/mol. The van der Waals surface area contributed by atoms with E-state index in [0.717, 1.165) is 12.8 Å². The first-order chi connectivity index (χ1) is 13.2. The van der Waals surface area contributed by atoms with Gasteiger partial charge in [0.15, 0.2) is 0 Å². The van der Waals surface area contributed by atoms with E-state index in [1.165, 1.54) is 116 Å². The molecule has 0 bridgehead atoms. The van der Waals surface area contributed by atoms with Gasteiger partial charge in [-0.3, -0.25) is 0 Å². The van der Waals surface area contributed by atoms with E-state index < -0.39 is 0 Å². The predicted octanol–water partition coefficient (Wildman–Crippen LogP) is 9.60. The van der Waals surface area contributed by atoms with Gasteiger partial charge in [-0.25, -0.2) is 0 Å². The van der Waals surface area contributed by atoms with Crippen LogP contribution in [-0.2, 0) is 0 Å². The Morgan fingerprint density at radius 3 is 1.22 bits per heavy atom. The van der Waals surface area contributed by atoms with Gasteiger partial charge in [0, 0.05) is 0 Å². The second-order valence-electron chi connectivity index (χ2n) is 9.25. The van der Waals surface area contributed by atoms with Crippen LogP contribution in [0.25, 0.3) is 0 Å². The zero-order valence-corrected chi connectivity index (χ0v) is 19.2. The molecule has 0 aliphatic heterocycles. The molecule has 0 aromatic heterocycles. The van der Waals surface area contributed by atoms with Crippen molar-refractivity contribution >= 4 is 0 Å². The summed E-state index contributed by atoms with van der Waals surface area (Å²) in [7, 11) is 0. The van der Waals surface area contributed by atoms with Gasteiger partial charge in [-0.15, -0.1) is 0 Å². The second kappa shape index (κ2) is 20.3. The SMILES string of the molecule is CCCCCCCCCCCCCCCCCCCC(C)(CCC)CN=O. The number of hydrogen-bond acceptors (Lipinski definition) is 2. The molecule has 162 valence electrons. The summed E-state index contributed by atoms with van der Waals surface area (Å²) in [4.78, 5) is 10.6. The molecule has 0 aliphatic rings. The molecule has 0 fully saturated rings. The second-order valence-corrected chi connectivity index (χ2v) is 9.25. The van der Waals surface area contributed by atoms with E-state index in [4.69, 9.17) is 0 Å². The smallest absolute Gasteiger partial charge is 0.0864 e. The number of rotatable bonds is 22. The summed E-state index contributed by atoms with van der Waals surface area (Å²) in [5, 5.41) is 3.17. The van der Waals surface area contributed by atoms with E-state index in [-0.39, 0.29) is 5.41 Å². The molecule has 2 heteroatoms. The number of nitroso groups, excluding NO2 is 1. The van der Waals surface area contributed by atoms with E-state index in [1.807, 2.05) is 0 Å². The highest BCUT2D eigenvalue weighted by Gasteiger charge is 2.22. The van der Waals surface area contributed by atoms with Crippen LogP contribution in [-0.4, -0.2) is 6.54 Å². The van der Waals surface area contributed by atoms with Gasteiger partial charge in [0.25, 0.3) is 0 Å². The van der Waals surface area contributed by atoms with Gasteiger partial charge >= 0.3 is 0 Å². The van der Waals surface area contributed by atoms with Gasteiger partial charge in [-0.05, 0) is 18.3 Å². The van der Waals surface area contributed by atoms with Crippen LogP contribution in [0.1, 0.15) is 149 Å². The molecule has 1 atom stereocenters. The Hall–Kier alpha value is -0.400. The highest BCUT2D eigenvalue weighted by Crippen LogP contribution is 2.30. The zero-order chi connectivity index (χ0) is 20.1. The molecule has 0 amide bonds. The Labute approximate surface area is 171 Å². The number of unbranched alkanes of at least 4 members (excludes halogenated alkanes) is 16. The summed E-state index contributed by atoms with van der Waals surface area (Å²) in [6.07, 6.45) is 27.6. The third-order valence-electron chi connectivity index (χ3n) is 6.18. The summed E-state index contributed by atoms with van der Waals surface area (Å²) < 4.78 is 0. The molecular formula is C25H51NO. The van der Waals surface area contributed by atoms with Crippen molar-refractivity contribution in [2.24, 2.45) is 10.6 Å². The van der Waals surface area contributed by atoms with Gasteiger partial charge in [0.1, 0.15) is 0 Å². The lowest BCUT2D eigenvalue weighted by Crippen LogP contribution is -2.19. The van der Waals surface area contributed by atoms with Gasteiger partial charge < -0.3 is 0 Å². The maximum absolute atomic E-state index is 10.6. The molecule has 0 saturated carbocycles. The molecule has 0 aromatic rings. The van der Waals surface area contributed by atoms with E-state index in [9.17, 15) is 4.91 Å². The molecule has 0 N–H and O–H groups in total. The Kier molecular flexibility index (Phi) is 20.0. The molecule has 2 nitrogen and oxygen atoms in total. The lowest BCUT2D eigenvalue weighted by atomic mass is 9.80. The highest BCUT2D eigenvalue weighted by atomic mass is 16.3. The van der Waals surface area contributed by atoms with Crippen molar-refractivity contribution in [3.63, 3.8) is 0 Å². The third kappa shape index (κ3) is 18.7. The van der Waals surface area contributed by atoms with E-state index in [1.54, 1.807) is 0 Å². The first-order valence-corrected chi connectivity index (χ1v) is 12.5. The lowest BCUT2D eigenvalue weighted by molar-refractivity contribution is 0.269. The molecule has 0 saturated heterocycles. The van der Waals surface area contributed by atoms with E-state index in [2.05, 4.69) is 25.9 Å². The van der Waals surface area contributed by atoms with Gasteiger partial charge in [-0.2, -0.15) is 4.91 Å². The fourth-order valence-electron chi connectivity index (χ4n) is 4.32. The number of hydrogen-bond donors (Lipinski definition) is 0. The molecule has 0 aromatic carbocycles. The van der Waals surface area contributed by atoms with Crippen LogP contribution < -0.4 is 0 Å². The normalized spacial score (nSPS) is 13.6. The van der Waals surface area contributed by atoms with Crippen LogP contribution in [0.3, 0.4) is 0 Å². The van der Waals surface area contributed by atoms with Crippen molar-refractivity contribution in [3.05, 3.63) is 4.91 Å². The van der Waals surface area contributed by atoms with Crippen LogP contribution in [0.15, 0.2) is 5.18 Å². The Morgan fingerprint density at radius 1 is 0.519 bits per heavy atom. The summed E-state index contributed by atoms with van der Waals surface area (Å²) in [6, 6.07) is 0. The average molecular weight is 382 g/mol. The van der Waals surface area contributed by atoms with Crippen LogP contribution in [0.2, 0.25) is 0 Å². The Morgan fingerprint density at radius 2 is 0.889 bits per heavy atom. The van der Waals surface area contributed by atoms with Crippen molar-refractivity contribution in [3.8, 4) is 0 Å². The first-order valence-electron chi connectivity index (χ1n) is 12.5.